The third-order valence-corrected chi connectivity index (χ3v) is 0. The molecule has 4 heavy (non-hydrogen) atoms. The van der Waals surface area contributed by atoms with E-state index in [2.05, 4.69) is 0 Å². The first-order chi connectivity index (χ1) is 1.00. The van der Waals surface area contributed by atoms with Gasteiger partial charge in [0.1, 0.15) is 0 Å². The summed E-state index contributed by atoms with van der Waals surface area (Å²) in [5.41, 5.74) is 0. The number of halogens is 2. The molecule has 4 heteroatoms. The van der Waals surface area contributed by atoms with Crippen LogP contribution in [0, 0.1) is 0 Å². The van der Waals surface area contributed by atoms with Gasteiger partial charge in [-0.25, -0.2) is 0 Å². The van der Waals surface area contributed by atoms with E-state index in [4.69, 9.17) is 8.32 Å². The molecule has 0 aromatic heterocycles. The van der Waals surface area contributed by atoms with Crippen molar-refractivity contribution in [1.29, 1.82) is 0 Å². The first-order valence-electron chi connectivity index (χ1n) is 0.218. The molecule has 0 saturated heterocycles. The predicted molar refractivity (Wildman–Crippen MR) is 13.0 cm³/mol. The Labute approximate surface area is 73.5 Å². The second kappa shape index (κ2) is 17.8. The van der Waals surface area contributed by atoms with Crippen LogP contribution in [0.3, 0.4) is 0 Å². The largest absolute Gasteiger partial charge is 1.00 e. The fourth-order valence-corrected chi connectivity index (χ4v) is 0. The zero-order valence-electron chi connectivity index (χ0n) is 2.33. The van der Waals surface area contributed by atoms with Gasteiger partial charge in [0.15, 0.2) is 0 Å². The molecule has 0 spiro atoms. The summed E-state index contributed by atoms with van der Waals surface area (Å²) in [7, 11) is 4.81. The van der Waals surface area contributed by atoms with Crippen LogP contribution < -0.4 is 42.0 Å². The Bertz CT molecular complexity index is 6.00. The molecule has 0 fully saturated rings. The van der Waals surface area contributed by atoms with Crippen molar-refractivity contribution < 1.29 is 42.0 Å². The Balaban J connectivity index is -0.00000000500. The number of hydrogen-bond donors (Lipinski definition) is 0. The average molecular weight is 302 g/mol. The van der Waals surface area contributed by atoms with E-state index in [-0.39, 0.29) is 42.0 Å². The van der Waals surface area contributed by atoms with Gasteiger partial charge in [-0.15, -0.1) is 0 Å². The van der Waals surface area contributed by atoms with Gasteiger partial charge in [-0.3, -0.25) is 0 Å². The average Bonchev–Trinajstić information content (AvgIpc) is 1.00. The summed E-state index contributed by atoms with van der Waals surface area (Å²) in [5, 5.41) is 0. The minimum Gasteiger partial charge on any atom is 1.00 e. The van der Waals surface area contributed by atoms with Gasteiger partial charge in [-0.2, -0.15) is 0 Å². The SMILES string of the molecule is [Cl-].[Cl][PbH].[Na+]. The second-order valence-electron chi connectivity index (χ2n) is 0. The summed E-state index contributed by atoms with van der Waals surface area (Å²) in [4.78, 5) is 0. The fraction of sp³-hybridized carbons (Fsp3) is 0. The molecule has 0 heterocycles. The minimum atomic E-state index is 0. The van der Waals surface area contributed by atoms with E-state index < -0.39 is 0 Å². The second-order valence-corrected chi connectivity index (χ2v) is 0. The van der Waals surface area contributed by atoms with Gasteiger partial charge in [0.2, 0.25) is 0 Å². The van der Waals surface area contributed by atoms with E-state index in [1.165, 1.54) is 0 Å². The summed E-state index contributed by atoms with van der Waals surface area (Å²) in [5.74, 6) is 0. The molecule has 0 aromatic carbocycles. The predicted octanol–water partition coefficient (Wildman–Crippen LogP) is -5.95. The summed E-state index contributed by atoms with van der Waals surface area (Å²) >= 11 is 0.639. The molecule has 0 aliphatic carbocycles. The molecule has 0 saturated carbocycles. The van der Waals surface area contributed by atoms with Gasteiger partial charge in [0.25, 0.3) is 0 Å². The molecule has 0 aromatic rings. The van der Waals surface area contributed by atoms with E-state index in [0.29, 0.717) is 24.5 Å². The van der Waals surface area contributed by atoms with Gasteiger partial charge in [0, 0.05) is 0 Å². The van der Waals surface area contributed by atoms with Crippen LogP contribution in [0.5, 0.6) is 0 Å². The van der Waals surface area contributed by atoms with Crippen molar-refractivity contribution in [3.05, 3.63) is 0 Å². The molecule has 20 valence electrons. The zero-order chi connectivity index (χ0) is 2.00. The minimum absolute atomic E-state index is 0. The maximum absolute atomic E-state index is 4.81. The molecule has 0 N–H and O–H groups in total. The Morgan fingerprint density at radius 1 is 1.25 bits per heavy atom. The molecule has 0 amide bonds. The van der Waals surface area contributed by atoms with Crippen molar-refractivity contribution in [2.45, 2.75) is 0 Å². The maximum atomic E-state index is 4.81. The van der Waals surface area contributed by atoms with Crippen LogP contribution in [0.25, 0.3) is 0 Å². The Kier molecular flexibility index (Phi) is 71.5. The molecule has 0 nitrogen and oxygen atoms in total. The fourth-order valence-electron chi connectivity index (χ4n) is 0. The van der Waals surface area contributed by atoms with Crippen molar-refractivity contribution >= 4 is 32.9 Å². The van der Waals surface area contributed by atoms with Crippen LogP contribution in [0.2, 0.25) is 0 Å². The topological polar surface area (TPSA) is 0 Å². The van der Waals surface area contributed by atoms with E-state index in [9.17, 15) is 0 Å². The number of rotatable bonds is 0. The Morgan fingerprint density at radius 2 is 1.25 bits per heavy atom. The molecule has 0 unspecified atom stereocenters. The molecular weight excluding hydrogens is 301 g/mol. The first kappa shape index (κ1) is 16.0. The normalized spacial score (nSPS) is 1.50. The van der Waals surface area contributed by atoms with Gasteiger partial charge < -0.3 is 12.4 Å². The van der Waals surface area contributed by atoms with Crippen molar-refractivity contribution in [2.24, 2.45) is 0 Å². The Hall–Kier alpha value is 2.50. The summed E-state index contributed by atoms with van der Waals surface area (Å²) < 4.78 is 0. The molecule has 0 aliphatic rings. The van der Waals surface area contributed by atoms with Crippen LogP contribution in [0.4, 0.5) is 0 Å². The van der Waals surface area contributed by atoms with Crippen molar-refractivity contribution in [3.63, 3.8) is 0 Å². The molecule has 0 bridgehead atoms. The summed E-state index contributed by atoms with van der Waals surface area (Å²) in [6.07, 6.45) is 0. The van der Waals surface area contributed by atoms with Crippen LogP contribution in [0.1, 0.15) is 0 Å². The molecule has 0 atom stereocenters. The molecular formula is HCl2NaPb. The first-order valence-corrected chi connectivity index (χ1v) is 5.74. The molecule has 0 rings (SSSR count). The monoisotopic (exact) mass is 302 g/mol. The zero-order valence-corrected chi connectivity index (χ0v) is 10.3. The molecule has 2 radical (unpaired) electrons. The smallest absolute Gasteiger partial charge is 1.00 e. The van der Waals surface area contributed by atoms with E-state index in [1.54, 1.807) is 0 Å². The van der Waals surface area contributed by atoms with Gasteiger partial charge in [-0.1, -0.05) is 0 Å². The number of hydrogen-bond acceptors (Lipinski definition) is 0. The van der Waals surface area contributed by atoms with E-state index in [0.717, 1.165) is 0 Å². The summed E-state index contributed by atoms with van der Waals surface area (Å²) in [6.45, 7) is 0. The third kappa shape index (κ3) is 8.82. The quantitative estimate of drug-likeness (QED) is 0.391. The van der Waals surface area contributed by atoms with Crippen LogP contribution in [0.15, 0.2) is 0 Å². The van der Waals surface area contributed by atoms with Crippen molar-refractivity contribution in [2.75, 3.05) is 0 Å². The van der Waals surface area contributed by atoms with Crippen molar-refractivity contribution in [1.82, 2.24) is 0 Å². The Morgan fingerprint density at radius 3 is 1.25 bits per heavy atom. The van der Waals surface area contributed by atoms with Crippen LogP contribution >= 0.6 is 8.32 Å². The van der Waals surface area contributed by atoms with Crippen LogP contribution in [-0.2, 0) is 0 Å². The summed E-state index contributed by atoms with van der Waals surface area (Å²) in [6, 6.07) is 0. The van der Waals surface area contributed by atoms with Gasteiger partial charge in [-0.05, 0) is 0 Å². The van der Waals surface area contributed by atoms with Gasteiger partial charge in [0.05, 0.1) is 0 Å². The maximum Gasteiger partial charge on any atom is 1.00 e. The van der Waals surface area contributed by atoms with Crippen LogP contribution in [-0.4, -0.2) is 24.5 Å². The van der Waals surface area contributed by atoms with E-state index in [1.807, 2.05) is 0 Å². The van der Waals surface area contributed by atoms with Gasteiger partial charge >= 0.3 is 62.4 Å². The van der Waals surface area contributed by atoms with Crippen molar-refractivity contribution in [3.8, 4) is 0 Å². The third-order valence-electron chi connectivity index (χ3n) is 0. The van der Waals surface area contributed by atoms with E-state index >= 15 is 0 Å². The molecule has 0 aliphatic heterocycles. The standard InChI is InChI=1S/2ClH.Na.Pb.H/h2*1H;;;/q;;2*+1;/p-2.